The highest BCUT2D eigenvalue weighted by Gasteiger charge is 2.35. The Morgan fingerprint density at radius 3 is 1.95 bits per heavy atom. The van der Waals surface area contributed by atoms with Crippen LogP contribution in [-0.2, 0) is 59.2 Å². The molecule has 406 valence electrons. The number of carbonyl (C=O) groups is 11. The summed E-state index contributed by atoms with van der Waals surface area (Å²) in [6.45, 7) is 7.55. The van der Waals surface area contributed by atoms with E-state index in [4.69, 9.17) is 22.9 Å². The molecule has 0 saturated heterocycles. The first kappa shape index (κ1) is 60.9. The van der Waals surface area contributed by atoms with Crippen LogP contribution in [0.2, 0.25) is 0 Å². The number of aliphatic imine (C=N–C) groups is 1. The second-order valence-corrected chi connectivity index (χ2v) is 19.6. The molecule has 11 amide bonds. The van der Waals surface area contributed by atoms with Crippen LogP contribution >= 0.6 is 11.8 Å². The Balaban J connectivity index is 1.74. The second kappa shape index (κ2) is 29.9. The van der Waals surface area contributed by atoms with E-state index < -0.39 is 138 Å². The summed E-state index contributed by atoms with van der Waals surface area (Å²) in [7, 11) is 0. The summed E-state index contributed by atoms with van der Waals surface area (Å²) in [5, 5.41) is 20.4. The molecular weight excluding hydrogens is 983 g/mol. The Morgan fingerprint density at radius 1 is 0.703 bits per heavy atom. The summed E-state index contributed by atoms with van der Waals surface area (Å²) in [5.41, 5.74) is 23.7. The fraction of sp³-hybridized carbons (Fsp3) is 0.553. The quantitative estimate of drug-likeness (QED) is 0.0257. The summed E-state index contributed by atoms with van der Waals surface area (Å²) in [6, 6.07) is -0.718. The van der Waals surface area contributed by atoms with Gasteiger partial charge in [-0.15, -0.1) is 0 Å². The molecule has 17 N–H and O–H groups in total. The summed E-state index contributed by atoms with van der Waals surface area (Å²) < 4.78 is 0. The number of rotatable bonds is 32. The lowest BCUT2D eigenvalue weighted by Gasteiger charge is -2.27. The average molecular weight is 1050 g/mol. The van der Waals surface area contributed by atoms with Crippen LogP contribution in [0.4, 0.5) is 5.69 Å². The number of H-pyrrole nitrogens is 1. The van der Waals surface area contributed by atoms with Crippen LogP contribution in [0.25, 0.3) is 0 Å². The van der Waals surface area contributed by atoms with E-state index in [0.717, 1.165) is 5.56 Å². The van der Waals surface area contributed by atoms with Crippen molar-refractivity contribution < 1.29 is 52.7 Å². The number of amides is 11. The minimum absolute atomic E-state index is 0.0715. The first-order valence-electron chi connectivity index (χ1n) is 24.0. The molecule has 1 aliphatic rings. The monoisotopic (exact) mass is 1050 g/mol. The Kier molecular flexibility index (Phi) is 24.6. The zero-order valence-electron chi connectivity index (χ0n) is 42.4. The number of nitrogens with two attached hydrogens (primary N) is 4. The van der Waals surface area contributed by atoms with Crippen LogP contribution in [-0.4, -0.2) is 142 Å². The van der Waals surface area contributed by atoms with Gasteiger partial charge in [-0.25, -0.2) is 4.98 Å². The third kappa shape index (κ3) is 20.2. The number of primary amides is 3. The average Bonchev–Trinajstić information content (AvgIpc) is 3.99. The molecule has 1 aromatic carbocycles. The number of hydrogen-bond acceptors (Lipinski definition) is 15. The number of carbonyl (C=O) groups excluding carboxylic acids is 11. The Hall–Kier alpha value is -7.42. The van der Waals surface area contributed by atoms with Gasteiger partial charge in [0.15, 0.2) is 0 Å². The van der Waals surface area contributed by atoms with Crippen molar-refractivity contribution in [1.82, 2.24) is 52.5 Å². The van der Waals surface area contributed by atoms with E-state index in [2.05, 4.69) is 57.5 Å². The standard InChI is InChI=1S/C47H71N15O11S/c1-23(2)15-32(59-42(68)29(40(51)66)13-14-74-6)45(71)60-34(17-27-20-52-22-55-27)43(69)54-21-38(65)62-39(24(3)4)47(73)56-25(5)41(67)58-33(16-26-19-53-30-10-8-7-9-28(26)30)46(72)57-31(11-12-36(49)63)44(70)61-35(48)18-37(50)64/h7-10,19-20,22-26,29,31-35,39H,11-18,21,48H2,1-6H3,(H2,49,63)(H2,50,64)(H2,51,66)(H,52,55)(H,54,69)(H,56,73)(H,57,72)(H,58,67)(H,59,68)(H,60,71)(H,61,70)(H,62,65). The van der Waals surface area contributed by atoms with Crippen molar-refractivity contribution in [1.29, 1.82) is 0 Å². The summed E-state index contributed by atoms with van der Waals surface area (Å²) in [6.07, 6.45) is 4.05. The van der Waals surface area contributed by atoms with Gasteiger partial charge in [0.2, 0.25) is 65.0 Å². The number of para-hydroxylation sites is 1. The SMILES string of the molecule is CSCCC(C(N)=O)C(=O)NC(CC(C)C)C(=O)NC(Cc1cnc[nH]1)C(=O)NCC(=O)NC(C(=O)NC(C)C(=O)NC(CC1C=Nc2ccccc21)C(=O)NC(CCC(N)=O)C(=O)NC(N)CC(N)=O)C(C)C. The molecule has 27 heteroatoms. The molecule has 3 rings (SSSR count). The maximum Gasteiger partial charge on any atom is 0.243 e. The molecule has 0 radical (unpaired) electrons. The van der Waals surface area contributed by atoms with Crippen LogP contribution in [0.15, 0.2) is 41.8 Å². The van der Waals surface area contributed by atoms with E-state index >= 15 is 0 Å². The predicted molar refractivity (Wildman–Crippen MR) is 273 cm³/mol. The van der Waals surface area contributed by atoms with E-state index in [1.165, 1.54) is 31.2 Å². The van der Waals surface area contributed by atoms with Crippen LogP contribution in [0.1, 0.15) is 90.3 Å². The molecule has 0 bridgehead atoms. The van der Waals surface area contributed by atoms with Gasteiger partial charge in [0.05, 0.1) is 31.1 Å². The van der Waals surface area contributed by atoms with E-state index in [1.807, 2.05) is 13.8 Å². The normalized spacial score (nSPS) is 15.9. The molecule has 1 aromatic heterocycles. The van der Waals surface area contributed by atoms with Crippen LogP contribution in [0.5, 0.6) is 0 Å². The largest absolute Gasteiger partial charge is 0.370 e. The highest BCUT2D eigenvalue weighted by Crippen LogP contribution is 2.34. The van der Waals surface area contributed by atoms with Gasteiger partial charge >= 0.3 is 0 Å². The molecule has 9 atom stereocenters. The van der Waals surface area contributed by atoms with Crippen LogP contribution in [0, 0.1) is 17.8 Å². The lowest BCUT2D eigenvalue weighted by molar-refractivity contribution is -0.137. The van der Waals surface area contributed by atoms with Crippen molar-refractivity contribution in [3.05, 3.63) is 48.0 Å². The van der Waals surface area contributed by atoms with Gasteiger partial charge in [0.25, 0.3) is 0 Å². The third-order valence-electron chi connectivity index (χ3n) is 11.6. The highest BCUT2D eigenvalue weighted by molar-refractivity contribution is 7.98. The molecule has 26 nitrogen and oxygen atoms in total. The first-order valence-corrected chi connectivity index (χ1v) is 25.4. The molecule has 0 fully saturated rings. The molecule has 9 unspecified atom stereocenters. The third-order valence-corrected chi connectivity index (χ3v) is 12.2. The zero-order valence-corrected chi connectivity index (χ0v) is 43.2. The van der Waals surface area contributed by atoms with E-state index in [9.17, 15) is 52.7 Å². The Bertz CT molecular complexity index is 2350. The summed E-state index contributed by atoms with van der Waals surface area (Å²) in [4.78, 5) is 155. The van der Waals surface area contributed by atoms with Gasteiger partial charge in [0.1, 0.15) is 42.2 Å². The van der Waals surface area contributed by atoms with Gasteiger partial charge in [-0.05, 0) is 68.1 Å². The van der Waals surface area contributed by atoms with Gasteiger partial charge in [0, 0.05) is 36.9 Å². The summed E-state index contributed by atoms with van der Waals surface area (Å²) in [5.74, 6) is -10.8. The molecule has 1 aliphatic heterocycles. The molecular formula is C47H71N15O11S. The number of fused-ring (bicyclic) bond motifs is 1. The molecule has 0 saturated carbocycles. The Morgan fingerprint density at radius 2 is 1.34 bits per heavy atom. The molecule has 0 aliphatic carbocycles. The number of aromatic nitrogens is 2. The number of benzene rings is 1. The van der Waals surface area contributed by atoms with Crippen molar-refractivity contribution in [3.63, 3.8) is 0 Å². The summed E-state index contributed by atoms with van der Waals surface area (Å²) >= 11 is 1.41. The van der Waals surface area contributed by atoms with Gasteiger partial charge < -0.3 is 70.5 Å². The molecule has 2 heterocycles. The van der Waals surface area contributed by atoms with Crippen molar-refractivity contribution >= 4 is 88.6 Å². The lowest BCUT2D eigenvalue weighted by Crippen LogP contribution is -2.59. The van der Waals surface area contributed by atoms with Crippen LogP contribution in [0.3, 0.4) is 0 Å². The van der Waals surface area contributed by atoms with Gasteiger partial charge in [-0.1, -0.05) is 45.9 Å². The van der Waals surface area contributed by atoms with E-state index in [1.54, 1.807) is 50.6 Å². The minimum atomic E-state index is -1.41. The van der Waals surface area contributed by atoms with Crippen molar-refractivity contribution in [2.24, 2.45) is 45.7 Å². The smallest absolute Gasteiger partial charge is 0.243 e. The first-order chi connectivity index (χ1) is 34.9. The number of imidazole rings is 1. The number of hydrogen-bond donors (Lipinski definition) is 13. The predicted octanol–water partition coefficient (Wildman–Crippen LogP) is -3.01. The van der Waals surface area contributed by atoms with Crippen LogP contribution < -0.4 is 65.5 Å². The lowest BCUT2D eigenvalue weighted by atomic mass is 9.93. The topological polar surface area (TPSA) is 429 Å². The minimum Gasteiger partial charge on any atom is -0.370 e. The number of nitrogens with one attached hydrogen (secondary N) is 9. The van der Waals surface area contributed by atoms with Crippen molar-refractivity contribution in [3.8, 4) is 0 Å². The zero-order chi connectivity index (χ0) is 55.2. The number of nitrogens with zero attached hydrogens (tertiary/aromatic N) is 2. The fourth-order valence-electron chi connectivity index (χ4n) is 7.65. The number of thioether (sulfide) groups is 1. The van der Waals surface area contributed by atoms with Crippen molar-refractivity contribution in [2.75, 3.05) is 18.6 Å². The number of aromatic amines is 1. The molecule has 74 heavy (non-hydrogen) atoms. The fourth-order valence-corrected chi connectivity index (χ4v) is 8.12. The van der Waals surface area contributed by atoms with Gasteiger partial charge in [-0.2, -0.15) is 11.8 Å². The maximum absolute atomic E-state index is 14.0. The van der Waals surface area contributed by atoms with Crippen molar-refractivity contribution in [2.45, 2.75) is 128 Å². The second-order valence-electron chi connectivity index (χ2n) is 18.6. The molecule has 2 aromatic rings. The van der Waals surface area contributed by atoms with E-state index in [-0.39, 0.29) is 44.4 Å². The van der Waals surface area contributed by atoms with Gasteiger partial charge in [-0.3, -0.25) is 57.7 Å². The highest BCUT2D eigenvalue weighted by atomic mass is 32.2. The van der Waals surface area contributed by atoms with E-state index in [0.29, 0.717) is 17.1 Å². The Labute approximate surface area is 432 Å². The maximum atomic E-state index is 14.0. The molecule has 0 spiro atoms.